The highest BCUT2D eigenvalue weighted by Crippen LogP contribution is 2.24. The zero-order valence-corrected chi connectivity index (χ0v) is 12.1. The van der Waals surface area contributed by atoms with Crippen LogP contribution in [0.5, 0.6) is 0 Å². The van der Waals surface area contributed by atoms with E-state index in [9.17, 15) is 13.2 Å². The Labute approximate surface area is 125 Å². The molecule has 0 spiro atoms. The van der Waals surface area contributed by atoms with E-state index in [2.05, 4.69) is 26.4 Å². The van der Waals surface area contributed by atoms with Crippen LogP contribution in [0.2, 0.25) is 5.15 Å². The molecule has 1 aromatic rings. The standard InChI is InChI=1S/C13H13ClF3N3O/c1-8(10-6-20-11(14)7-19-10)4-5-12(18-3)21-9(2)13(15,16)17/h4-7,9H,3H2,1-2H3/b8-4+,12-5+/t9-/m1/s1. The Hall–Kier alpha value is -1.89. The second-order valence-electron chi connectivity index (χ2n) is 4.04. The fraction of sp³-hybridized carbons (Fsp3) is 0.308. The highest BCUT2D eigenvalue weighted by molar-refractivity contribution is 6.29. The van der Waals surface area contributed by atoms with E-state index >= 15 is 0 Å². The summed E-state index contributed by atoms with van der Waals surface area (Å²) in [6.45, 7) is 5.77. The van der Waals surface area contributed by atoms with Crippen LogP contribution in [-0.2, 0) is 4.74 Å². The fourth-order valence-corrected chi connectivity index (χ4v) is 1.27. The topological polar surface area (TPSA) is 47.4 Å². The van der Waals surface area contributed by atoms with E-state index in [4.69, 9.17) is 11.6 Å². The van der Waals surface area contributed by atoms with Crippen molar-refractivity contribution in [3.63, 3.8) is 0 Å². The number of alkyl halides is 3. The summed E-state index contributed by atoms with van der Waals surface area (Å²) in [7, 11) is 0. The van der Waals surface area contributed by atoms with E-state index in [0.29, 0.717) is 11.3 Å². The monoisotopic (exact) mass is 319 g/mol. The number of rotatable bonds is 5. The third-order valence-electron chi connectivity index (χ3n) is 2.41. The van der Waals surface area contributed by atoms with Gasteiger partial charge in [-0.2, -0.15) is 13.2 Å². The predicted octanol–water partition coefficient (Wildman–Crippen LogP) is 4.04. The van der Waals surface area contributed by atoms with Gasteiger partial charge in [-0.1, -0.05) is 17.7 Å². The Balaban J connectivity index is 2.86. The number of halogens is 4. The lowest BCUT2D eigenvalue weighted by Crippen LogP contribution is -2.27. The van der Waals surface area contributed by atoms with Gasteiger partial charge in [0.05, 0.1) is 18.1 Å². The molecule has 0 fully saturated rings. The van der Waals surface area contributed by atoms with Gasteiger partial charge in [0.15, 0.2) is 6.10 Å². The van der Waals surface area contributed by atoms with Crippen molar-refractivity contribution in [3.05, 3.63) is 41.3 Å². The first-order valence-corrected chi connectivity index (χ1v) is 6.18. The molecule has 0 amide bonds. The van der Waals surface area contributed by atoms with Gasteiger partial charge in [0.1, 0.15) is 5.15 Å². The summed E-state index contributed by atoms with van der Waals surface area (Å²) in [6, 6.07) is 0. The minimum absolute atomic E-state index is 0.235. The second kappa shape index (κ2) is 7.21. The van der Waals surface area contributed by atoms with Crippen LogP contribution in [0.4, 0.5) is 13.2 Å². The Kier molecular flexibility index (Phi) is 5.90. The lowest BCUT2D eigenvalue weighted by atomic mass is 10.2. The molecule has 0 N–H and O–H groups in total. The number of aromatic nitrogens is 2. The van der Waals surface area contributed by atoms with Crippen LogP contribution in [0.15, 0.2) is 35.4 Å². The van der Waals surface area contributed by atoms with Crippen LogP contribution in [0.1, 0.15) is 19.5 Å². The Morgan fingerprint density at radius 3 is 2.52 bits per heavy atom. The zero-order chi connectivity index (χ0) is 16.0. The molecule has 21 heavy (non-hydrogen) atoms. The minimum Gasteiger partial charge on any atom is -0.465 e. The molecule has 1 aromatic heterocycles. The van der Waals surface area contributed by atoms with Gasteiger partial charge in [0.2, 0.25) is 5.88 Å². The van der Waals surface area contributed by atoms with Crippen LogP contribution in [-0.4, -0.2) is 29.0 Å². The maximum atomic E-state index is 12.4. The van der Waals surface area contributed by atoms with Crippen molar-refractivity contribution in [1.82, 2.24) is 9.97 Å². The summed E-state index contributed by atoms with van der Waals surface area (Å²) in [5.41, 5.74) is 1.19. The van der Waals surface area contributed by atoms with E-state index in [1.165, 1.54) is 24.5 Å². The number of hydrogen-bond acceptors (Lipinski definition) is 4. The molecule has 0 unspecified atom stereocenters. The van der Waals surface area contributed by atoms with E-state index in [-0.39, 0.29) is 11.0 Å². The fourth-order valence-electron chi connectivity index (χ4n) is 1.17. The summed E-state index contributed by atoms with van der Waals surface area (Å²) in [5.74, 6) is -0.235. The molecule has 1 heterocycles. The average molecular weight is 320 g/mol. The van der Waals surface area contributed by atoms with Crippen LogP contribution in [0.25, 0.3) is 5.57 Å². The quantitative estimate of drug-likeness (QED) is 0.467. The largest absolute Gasteiger partial charge is 0.465 e. The van der Waals surface area contributed by atoms with Crippen molar-refractivity contribution in [1.29, 1.82) is 0 Å². The van der Waals surface area contributed by atoms with E-state index in [1.54, 1.807) is 6.92 Å². The highest BCUT2D eigenvalue weighted by Gasteiger charge is 2.38. The minimum atomic E-state index is -4.47. The Bertz CT molecular complexity index is 553. The lowest BCUT2D eigenvalue weighted by molar-refractivity contribution is -0.203. The smallest absolute Gasteiger partial charge is 0.425 e. The van der Waals surface area contributed by atoms with Gasteiger partial charge in [0, 0.05) is 6.08 Å². The summed E-state index contributed by atoms with van der Waals surface area (Å²) >= 11 is 5.61. The van der Waals surface area contributed by atoms with Crippen LogP contribution < -0.4 is 0 Å². The average Bonchev–Trinajstić information content (AvgIpc) is 2.42. The van der Waals surface area contributed by atoms with Gasteiger partial charge in [-0.15, -0.1) is 0 Å². The van der Waals surface area contributed by atoms with Crippen molar-refractivity contribution >= 4 is 23.9 Å². The van der Waals surface area contributed by atoms with Gasteiger partial charge in [-0.3, -0.25) is 4.98 Å². The molecule has 1 atom stereocenters. The molecule has 8 heteroatoms. The molecule has 0 radical (unpaired) electrons. The molecular formula is C13H13ClF3N3O. The van der Waals surface area contributed by atoms with Crippen molar-refractivity contribution in [3.8, 4) is 0 Å². The van der Waals surface area contributed by atoms with Gasteiger partial charge in [0.25, 0.3) is 0 Å². The van der Waals surface area contributed by atoms with Crippen molar-refractivity contribution < 1.29 is 17.9 Å². The van der Waals surface area contributed by atoms with Crippen LogP contribution in [0.3, 0.4) is 0 Å². The normalized spacial score (nSPS) is 14.8. The first kappa shape index (κ1) is 17.2. The number of ether oxygens (including phenoxy) is 1. The van der Waals surface area contributed by atoms with E-state index in [0.717, 1.165) is 6.92 Å². The molecule has 0 aliphatic carbocycles. The Morgan fingerprint density at radius 2 is 2.05 bits per heavy atom. The molecule has 0 saturated heterocycles. The number of allylic oxidation sites excluding steroid dienone is 3. The second-order valence-corrected chi connectivity index (χ2v) is 4.43. The van der Waals surface area contributed by atoms with Gasteiger partial charge in [-0.05, 0) is 26.1 Å². The third-order valence-corrected chi connectivity index (χ3v) is 2.61. The zero-order valence-electron chi connectivity index (χ0n) is 11.4. The van der Waals surface area contributed by atoms with Crippen molar-refractivity contribution in [2.45, 2.75) is 26.1 Å². The molecule has 0 aliphatic rings. The van der Waals surface area contributed by atoms with Gasteiger partial charge in [-0.25, -0.2) is 9.98 Å². The van der Waals surface area contributed by atoms with Gasteiger partial charge < -0.3 is 4.74 Å². The molecule has 0 aliphatic heterocycles. The van der Waals surface area contributed by atoms with Crippen molar-refractivity contribution in [2.24, 2.45) is 4.99 Å². The van der Waals surface area contributed by atoms with Crippen LogP contribution >= 0.6 is 11.6 Å². The van der Waals surface area contributed by atoms with E-state index < -0.39 is 12.3 Å². The summed E-state index contributed by atoms with van der Waals surface area (Å²) < 4.78 is 41.8. The van der Waals surface area contributed by atoms with Gasteiger partial charge >= 0.3 is 6.18 Å². The molecule has 0 saturated carbocycles. The predicted molar refractivity (Wildman–Crippen MR) is 74.9 cm³/mol. The number of aliphatic imine (C=N–C) groups is 1. The van der Waals surface area contributed by atoms with Crippen LogP contribution in [0, 0.1) is 0 Å². The molecule has 1 rings (SSSR count). The number of hydrogen-bond donors (Lipinski definition) is 0. The summed E-state index contributed by atoms with van der Waals surface area (Å²) in [6.07, 6.45) is -0.844. The summed E-state index contributed by atoms with van der Waals surface area (Å²) in [5, 5.41) is 0.248. The maximum absolute atomic E-state index is 12.4. The lowest BCUT2D eigenvalue weighted by Gasteiger charge is -2.17. The maximum Gasteiger partial charge on any atom is 0.425 e. The van der Waals surface area contributed by atoms with Crippen molar-refractivity contribution in [2.75, 3.05) is 0 Å². The molecule has 4 nitrogen and oxygen atoms in total. The molecular weight excluding hydrogens is 307 g/mol. The Morgan fingerprint density at radius 1 is 1.38 bits per heavy atom. The molecule has 0 bridgehead atoms. The third kappa shape index (κ3) is 5.55. The first-order chi connectivity index (χ1) is 9.74. The number of nitrogens with zero attached hydrogens (tertiary/aromatic N) is 3. The molecule has 0 aromatic carbocycles. The first-order valence-electron chi connectivity index (χ1n) is 5.80. The highest BCUT2D eigenvalue weighted by atomic mass is 35.5. The molecule has 114 valence electrons. The van der Waals surface area contributed by atoms with E-state index in [1.807, 2.05) is 0 Å². The SMILES string of the molecule is C=N/C(=C\C=C(/C)c1cnc(Cl)cn1)O[C@H](C)C(F)(F)F. The summed E-state index contributed by atoms with van der Waals surface area (Å²) in [4.78, 5) is 11.3.